The lowest BCUT2D eigenvalue weighted by atomic mass is 10.1. The molecule has 1 unspecified atom stereocenters. The summed E-state index contributed by atoms with van der Waals surface area (Å²) in [5.41, 5.74) is 7.11. The first-order valence-electron chi connectivity index (χ1n) is 5.73. The molecule has 0 aliphatic rings. The van der Waals surface area contributed by atoms with E-state index in [0.29, 0.717) is 6.54 Å². The van der Waals surface area contributed by atoms with Crippen LogP contribution in [0.1, 0.15) is 11.1 Å². The lowest BCUT2D eigenvalue weighted by molar-refractivity contribution is -0.146. The van der Waals surface area contributed by atoms with Crippen LogP contribution in [0.5, 0.6) is 5.75 Å². The lowest BCUT2D eigenvalue weighted by Crippen LogP contribution is -2.46. The molecular weight excluding hydrogens is 248 g/mol. The molecule has 0 aromatic heterocycles. The highest BCUT2D eigenvalue weighted by atomic mass is 16.5. The molecule has 1 aromatic carbocycles. The number of carbonyl (C=O) groups excluding carboxylic acids is 1. The van der Waals surface area contributed by atoms with E-state index in [4.69, 9.17) is 15.6 Å². The largest absolute Gasteiger partial charge is 0.496 e. The fraction of sp³-hybridized carbons (Fsp3) is 0.385. The summed E-state index contributed by atoms with van der Waals surface area (Å²) in [6.07, 6.45) is 0. The van der Waals surface area contributed by atoms with Gasteiger partial charge in [0.1, 0.15) is 5.75 Å². The number of aliphatic carboxylic acids is 1. The molecule has 6 heteroatoms. The van der Waals surface area contributed by atoms with E-state index >= 15 is 0 Å². The van der Waals surface area contributed by atoms with Crippen molar-refractivity contribution in [2.75, 3.05) is 14.2 Å². The first-order chi connectivity index (χ1) is 8.86. The lowest BCUT2D eigenvalue weighted by Gasteiger charge is -2.19. The zero-order valence-electron chi connectivity index (χ0n) is 11.2. The number of likely N-dealkylation sites (N-methyl/N-ethyl adjacent to an activating group) is 1. The average Bonchev–Trinajstić information content (AvgIpc) is 2.37. The molecule has 0 fully saturated rings. The first kappa shape index (κ1) is 15.0. The summed E-state index contributed by atoms with van der Waals surface area (Å²) in [5, 5.41) is 8.69. The molecule has 1 atom stereocenters. The van der Waals surface area contributed by atoms with Crippen molar-refractivity contribution in [3.05, 3.63) is 29.3 Å². The Morgan fingerprint density at radius 2 is 2.11 bits per heavy atom. The molecule has 0 saturated carbocycles. The van der Waals surface area contributed by atoms with Crippen molar-refractivity contribution in [3.63, 3.8) is 0 Å². The Morgan fingerprint density at radius 3 is 2.58 bits per heavy atom. The maximum atomic E-state index is 11.7. The Morgan fingerprint density at radius 1 is 1.47 bits per heavy atom. The molecule has 1 rings (SSSR count). The number of hydrogen-bond donors (Lipinski definition) is 2. The number of methoxy groups -OCH3 is 1. The van der Waals surface area contributed by atoms with Gasteiger partial charge in [0.25, 0.3) is 5.91 Å². The van der Waals surface area contributed by atoms with E-state index in [1.807, 2.05) is 19.1 Å². The molecular formula is C13H18N2O4. The monoisotopic (exact) mass is 266 g/mol. The van der Waals surface area contributed by atoms with Crippen LogP contribution in [0, 0.1) is 6.92 Å². The number of carboxylic acids is 1. The molecule has 0 heterocycles. The van der Waals surface area contributed by atoms with Crippen molar-refractivity contribution in [1.29, 1.82) is 0 Å². The summed E-state index contributed by atoms with van der Waals surface area (Å²) in [6.45, 7) is 2.19. The van der Waals surface area contributed by atoms with Crippen LogP contribution in [-0.4, -0.2) is 42.1 Å². The van der Waals surface area contributed by atoms with E-state index in [-0.39, 0.29) is 0 Å². The Hall–Kier alpha value is -2.08. The zero-order valence-corrected chi connectivity index (χ0v) is 11.2. The predicted molar refractivity (Wildman–Crippen MR) is 69.8 cm³/mol. The molecule has 0 spiro atoms. The van der Waals surface area contributed by atoms with Crippen molar-refractivity contribution in [2.45, 2.75) is 19.5 Å². The number of amides is 1. The highest BCUT2D eigenvalue weighted by molar-refractivity contribution is 6.00. The molecule has 19 heavy (non-hydrogen) atoms. The van der Waals surface area contributed by atoms with Crippen molar-refractivity contribution < 1.29 is 19.4 Å². The maximum absolute atomic E-state index is 11.7. The number of benzene rings is 1. The van der Waals surface area contributed by atoms with Gasteiger partial charge in [-0.2, -0.15) is 0 Å². The second kappa shape index (κ2) is 6.19. The fourth-order valence-corrected chi connectivity index (χ4v) is 1.73. The van der Waals surface area contributed by atoms with Crippen molar-refractivity contribution in [3.8, 4) is 5.75 Å². The van der Waals surface area contributed by atoms with E-state index in [9.17, 15) is 9.59 Å². The molecule has 0 aliphatic carbocycles. The SMILES string of the molecule is COc1ccc(CN(C)C(=O)C(N)C(=O)O)cc1C. The van der Waals surface area contributed by atoms with Crippen LogP contribution in [0.3, 0.4) is 0 Å². The van der Waals surface area contributed by atoms with Crippen LogP contribution in [-0.2, 0) is 16.1 Å². The first-order valence-corrected chi connectivity index (χ1v) is 5.73. The molecule has 3 N–H and O–H groups in total. The highest BCUT2D eigenvalue weighted by Gasteiger charge is 2.24. The van der Waals surface area contributed by atoms with Gasteiger partial charge in [-0.1, -0.05) is 12.1 Å². The van der Waals surface area contributed by atoms with Gasteiger partial charge in [-0.15, -0.1) is 0 Å². The minimum Gasteiger partial charge on any atom is -0.496 e. The number of aryl methyl sites for hydroxylation is 1. The Balaban J connectivity index is 2.77. The van der Waals surface area contributed by atoms with Crippen LogP contribution in [0.25, 0.3) is 0 Å². The summed E-state index contributed by atoms with van der Waals surface area (Å²) in [4.78, 5) is 23.6. The van der Waals surface area contributed by atoms with E-state index in [0.717, 1.165) is 16.9 Å². The van der Waals surface area contributed by atoms with Crippen LogP contribution in [0.2, 0.25) is 0 Å². The molecule has 0 aliphatic heterocycles. The van der Waals surface area contributed by atoms with Crippen LogP contribution in [0.15, 0.2) is 18.2 Å². The van der Waals surface area contributed by atoms with E-state index in [1.54, 1.807) is 13.2 Å². The number of carboxylic acid groups (broad SMARTS) is 1. The molecule has 6 nitrogen and oxygen atoms in total. The Kier molecular flexibility index (Phi) is 4.88. The molecule has 0 radical (unpaired) electrons. The Labute approximate surface area is 111 Å². The van der Waals surface area contributed by atoms with Gasteiger partial charge >= 0.3 is 5.97 Å². The quantitative estimate of drug-likeness (QED) is 0.751. The molecule has 1 amide bonds. The van der Waals surface area contributed by atoms with Gasteiger partial charge in [-0.05, 0) is 24.1 Å². The topological polar surface area (TPSA) is 92.9 Å². The summed E-state index contributed by atoms with van der Waals surface area (Å²) in [5.74, 6) is -1.19. The highest BCUT2D eigenvalue weighted by Crippen LogP contribution is 2.19. The summed E-state index contributed by atoms with van der Waals surface area (Å²) in [6, 6.07) is 3.99. The van der Waals surface area contributed by atoms with Crippen LogP contribution >= 0.6 is 0 Å². The van der Waals surface area contributed by atoms with Gasteiger partial charge in [0.2, 0.25) is 0 Å². The molecule has 1 aromatic rings. The van der Waals surface area contributed by atoms with Crippen molar-refractivity contribution >= 4 is 11.9 Å². The van der Waals surface area contributed by atoms with E-state index in [2.05, 4.69) is 0 Å². The van der Waals surface area contributed by atoms with Crippen molar-refractivity contribution in [1.82, 2.24) is 4.90 Å². The van der Waals surface area contributed by atoms with Crippen LogP contribution in [0.4, 0.5) is 0 Å². The van der Waals surface area contributed by atoms with E-state index in [1.165, 1.54) is 11.9 Å². The summed E-state index contributed by atoms with van der Waals surface area (Å²) in [7, 11) is 3.11. The summed E-state index contributed by atoms with van der Waals surface area (Å²) < 4.78 is 5.14. The number of nitrogens with zero attached hydrogens (tertiary/aromatic N) is 1. The van der Waals surface area contributed by atoms with Gasteiger partial charge < -0.3 is 20.5 Å². The molecule has 0 saturated heterocycles. The maximum Gasteiger partial charge on any atom is 0.330 e. The predicted octanol–water partition coefficient (Wildman–Crippen LogP) is 0.374. The standard InChI is InChI=1S/C13H18N2O4/c1-8-6-9(4-5-10(8)19-3)7-15(2)12(16)11(14)13(17)18/h4-6,11H,7,14H2,1-3H3,(H,17,18). The number of hydrogen-bond acceptors (Lipinski definition) is 4. The summed E-state index contributed by atoms with van der Waals surface area (Å²) >= 11 is 0. The van der Waals surface area contributed by atoms with Crippen molar-refractivity contribution in [2.24, 2.45) is 5.73 Å². The number of carbonyl (C=O) groups is 2. The number of ether oxygens (including phenoxy) is 1. The Bertz CT molecular complexity index is 488. The average molecular weight is 266 g/mol. The van der Waals surface area contributed by atoms with Gasteiger partial charge in [-0.25, -0.2) is 4.79 Å². The third kappa shape index (κ3) is 3.69. The van der Waals surface area contributed by atoms with Gasteiger partial charge in [0.05, 0.1) is 7.11 Å². The van der Waals surface area contributed by atoms with Gasteiger partial charge in [-0.3, -0.25) is 4.79 Å². The number of rotatable bonds is 5. The minimum absolute atomic E-state index is 0.296. The zero-order chi connectivity index (χ0) is 14.6. The molecule has 0 bridgehead atoms. The van der Waals surface area contributed by atoms with E-state index < -0.39 is 17.9 Å². The second-order valence-corrected chi connectivity index (χ2v) is 4.31. The normalized spacial score (nSPS) is 11.8. The second-order valence-electron chi connectivity index (χ2n) is 4.31. The number of nitrogens with two attached hydrogens (primary N) is 1. The smallest absolute Gasteiger partial charge is 0.330 e. The van der Waals surface area contributed by atoms with Gasteiger partial charge in [0.15, 0.2) is 6.04 Å². The minimum atomic E-state index is -1.52. The third-order valence-electron chi connectivity index (χ3n) is 2.79. The van der Waals surface area contributed by atoms with Gasteiger partial charge in [0, 0.05) is 13.6 Å². The fourth-order valence-electron chi connectivity index (χ4n) is 1.73. The van der Waals surface area contributed by atoms with Crippen LogP contribution < -0.4 is 10.5 Å². The molecule has 104 valence electrons. The third-order valence-corrected chi connectivity index (χ3v) is 2.79.